The van der Waals surface area contributed by atoms with Gasteiger partial charge in [0, 0.05) is 22.5 Å². The lowest BCUT2D eigenvalue weighted by Crippen LogP contribution is -2.25. The zero-order valence-electron chi connectivity index (χ0n) is 23.8. The molecule has 1 aromatic heterocycles. The number of nitrogens with zero attached hydrogens (tertiary/aromatic N) is 4. The van der Waals surface area contributed by atoms with E-state index in [0.717, 1.165) is 52.7 Å². The maximum atomic E-state index is 5.51. The SMILES string of the molecule is CCC(CC)c1ccccc1N1CN(c2ccccc2)c2nc(-c3ccccc3C)c(-c3ccccc3C)nc21. The molecule has 0 aliphatic carbocycles. The molecule has 5 aromatic rings. The van der Waals surface area contributed by atoms with Crippen molar-refractivity contribution in [2.75, 3.05) is 16.5 Å². The zero-order valence-corrected chi connectivity index (χ0v) is 23.8. The summed E-state index contributed by atoms with van der Waals surface area (Å²) in [7, 11) is 0. The molecule has 1 aliphatic heterocycles. The molecular weight excluding hydrogens is 488 g/mol. The minimum atomic E-state index is 0.487. The minimum absolute atomic E-state index is 0.487. The molecule has 4 heteroatoms. The second-order valence-electron chi connectivity index (χ2n) is 10.6. The molecule has 0 bridgehead atoms. The van der Waals surface area contributed by atoms with Gasteiger partial charge in [-0.2, -0.15) is 0 Å². The lowest BCUT2D eigenvalue weighted by Gasteiger charge is -2.26. The van der Waals surface area contributed by atoms with Crippen molar-refractivity contribution in [3.05, 3.63) is 120 Å². The normalized spacial score (nSPS) is 12.7. The predicted octanol–water partition coefficient (Wildman–Crippen LogP) is 9.58. The van der Waals surface area contributed by atoms with E-state index in [9.17, 15) is 0 Å². The number of fused-ring (bicyclic) bond motifs is 1. The summed E-state index contributed by atoms with van der Waals surface area (Å²) in [6, 6.07) is 36.4. The van der Waals surface area contributed by atoms with Crippen LogP contribution in [0.5, 0.6) is 0 Å². The van der Waals surface area contributed by atoms with E-state index in [1.165, 1.54) is 22.4 Å². The monoisotopic (exact) mass is 524 g/mol. The van der Waals surface area contributed by atoms with Gasteiger partial charge in [-0.05, 0) is 67.5 Å². The van der Waals surface area contributed by atoms with Crippen LogP contribution in [0.1, 0.15) is 49.3 Å². The third-order valence-corrected chi connectivity index (χ3v) is 8.18. The first-order chi connectivity index (χ1) is 19.6. The Bertz CT molecular complexity index is 1640. The van der Waals surface area contributed by atoms with Crippen molar-refractivity contribution in [2.45, 2.75) is 46.5 Å². The second kappa shape index (κ2) is 11.0. The van der Waals surface area contributed by atoms with Crippen LogP contribution >= 0.6 is 0 Å². The summed E-state index contributed by atoms with van der Waals surface area (Å²) in [4.78, 5) is 15.6. The summed E-state index contributed by atoms with van der Waals surface area (Å²) in [5.74, 6) is 2.28. The first kappa shape index (κ1) is 25.8. The summed E-state index contributed by atoms with van der Waals surface area (Å²) in [5.41, 5.74) is 10.1. The van der Waals surface area contributed by atoms with Crippen molar-refractivity contribution in [1.29, 1.82) is 0 Å². The fourth-order valence-electron chi connectivity index (χ4n) is 5.92. The van der Waals surface area contributed by atoms with E-state index >= 15 is 0 Å². The van der Waals surface area contributed by atoms with Crippen molar-refractivity contribution < 1.29 is 0 Å². The second-order valence-corrected chi connectivity index (χ2v) is 10.6. The average molecular weight is 525 g/mol. The molecule has 0 saturated heterocycles. The molecule has 0 amide bonds. The minimum Gasteiger partial charge on any atom is -0.305 e. The van der Waals surface area contributed by atoms with Crippen molar-refractivity contribution in [3.63, 3.8) is 0 Å². The third kappa shape index (κ3) is 4.54. The van der Waals surface area contributed by atoms with E-state index in [-0.39, 0.29) is 0 Å². The number of aryl methyl sites for hydroxylation is 2. The van der Waals surface area contributed by atoms with E-state index in [2.05, 4.69) is 141 Å². The summed E-state index contributed by atoms with van der Waals surface area (Å²) < 4.78 is 0. The lowest BCUT2D eigenvalue weighted by molar-refractivity contribution is 0.641. The van der Waals surface area contributed by atoms with Gasteiger partial charge in [0.05, 0.1) is 11.4 Å². The van der Waals surface area contributed by atoms with E-state index in [4.69, 9.17) is 9.97 Å². The van der Waals surface area contributed by atoms with Crippen LogP contribution in [0, 0.1) is 13.8 Å². The largest absolute Gasteiger partial charge is 0.305 e. The maximum absolute atomic E-state index is 5.51. The quantitative estimate of drug-likeness (QED) is 0.212. The van der Waals surface area contributed by atoms with Gasteiger partial charge >= 0.3 is 0 Å². The van der Waals surface area contributed by atoms with Gasteiger partial charge in [-0.25, -0.2) is 9.97 Å². The average Bonchev–Trinajstić information content (AvgIpc) is 3.37. The number of anilines is 4. The van der Waals surface area contributed by atoms with Crippen LogP contribution in [0.15, 0.2) is 103 Å². The van der Waals surface area contributed by atoms with Crippen LogP contribution in [-0.4, -0.2) is 16.6 Å². The molecule has 40 heavy (non-hydrogen) atoms. The van der Waals surface area contributed by atoms with Crippen molar-refractivity contribution in [3.8, 4) is 22.5 Å². The van der Waals surface area contributed by atoms with Crippen LogP contribution in [-0.2, 0) is 0 Å². The van der Waals surface area contributed by atoms with Gasteiger partial charge in [-0.3, -0.25) is 0 Å². The number of para-hydroxylation sites is 2. The maximum Gasteiger partial charge on any atom is 0.179 e. The Balaban J connectivity index is 1.64. The molecule has 0 saturated carbocycles. The molecular formula is C36H36N4. The summed E-state index contributed by atoms with van der Waals surface area (Å²) in [5, 5.41) is 0. The fourth-order valence-corrected chi connectivity index (χ4v) is 5.92. The van der Waals surface area contributed by atoms with Crippen molar-refractivity contribution >= 4 is 23.0 Å². The van der Waals surface area contributed by atoms with Crippen LogP contribution in [0.2, 0.25) is 0 Å². The highest BCUT2D eigenvalue weighted by molar-refractivity contribution is 5.90. The molecule has 200 valence electrons. The highest BCUT2D eigenvalue weighted by Gasteiger charge is 2.35. The molecule has 0 fully saturated rings. The van der Waals surface area contributed by atoms with Gasteiger partial charge in [-0.15, -0.1) is 0 Å². The predicted molar refractivity (Wildman–Crippen MR) is 168 cm³/mol. The Morgan fingerprint density at radius 1 is 0.600 bits per heavy atom. The van der Waals surface area contributed by atoms with Gasteiger partial charge < -0.3 is 9.80 Å². The fraction of sp³-hybridized carbons (Fsp3) is 0.222. The molecule has 0 spiro atoms. The van der Waals surface area contributed by atoms with Crippen LogP contribution < -0.4 is 9.80 Å². The Morgan fingerprint density at radius 3 is 1.68 bits per heavy atom. The molecule has 6 rings (SSSR count). The smallest absolute Gasteiger partial charge is 0.179 e. The number of aromatic nitrogens is 2. The summed E-state index contributed by atoms with van der Waals surface area (Å²) in [6.07, 6.45) is 2.20. The number of hydrogen-bond acceptors (Lipinski definition) is 4. The Kier molecular flexibility index (Phi) is 7.08. The Labute approximate surface area is 238 Å². The van der Waals surface area contributed by atoms with Crippen LogP contribution in [0.25, 0.3) is 22.5 Å². The number of benzene rings is 4. The van der Waals surface area contributed by atoms with Crippen LogP contribution in [0.3, 0.4) is 0 Å². The van der Waals surface area contributed by atoms with Crippen LogP contribution in [0.4, 0.5) is 23.0 Å². The van der Waals surface area contributed by atoms with Gasteiger partial charge in [0.25, 0.3) is 0 Å². The van der Waals surface area contributed by atoms with Gasteiger partial charge in [0.15, 0.2) is 11.6 Å². The molecule has 0 radical (unpaired) electrons. The summed E-state index contributed by atoms with van der Waals surface area (Å²) in [6.45, 7) is 9.52. The molecule has 0 N–H and O–H groups in total. The first-order valence-electron chi connectivity index (χ1n) is 14.3. The molecule has 4 aromatic carbocycles. The molecule has 2 heterocycles. The first-order valence-corrected chi connectivity index (χ1v) is 14.3. The molecule has 0 unspecified atom stereocenters. The highest BCUT2D eigenvalue weighted by atomic mass is 15.4. The van der Waals surface area contributed by atoms with E-state index in [1.54, 1.807) is 0 Å². The van der Waals surface area contributed by atoms with Gasteiger partial charge in [-0.1, -0.05) is 98.8 Å². The zero-order chi connectivity index (χ0) is 27.6. The number of hydrogen-bond donors (Lipinski definition) is 0. The van der Waals surface area contributed by atoms with Gasteiger partial charge in [0.1, 0.15) is 6.67 Å². The molecule has 1 aliphatic rings. The van der Waals surface area contributed by atoms with Crippen molar-refractivity contribution in [2.24, 2.45) is 0 Å². The van der Waals surface area contributed by atoms with E-state index in [0.29, 0.717) is 12.6 Å². The standard InChI is InChI=1S/C36H36N4/c1-5-27(6-2)31-22-14-15-23-32(31)40-24-39(28-18-8-7-9-19-28)35-36(40)38-34(30-21-13-11-17-26(30)4)33(37-35)29-20-12-10-16-25(29)3/h7-23,27H,5-6,24H2,1-4H3. The highest BCUT2D eigenvalue weighted by Crippen LogP contribution is 2.47. The van der Waals surface area contributed by atoms with E-state index in [1.807, 2.05) is 0 Å². The number of rotatable bonds is 7. The molecule has 0 atom stereocenters. The Hall–Kier alpha value is -4.44. The topological polar surface area (TPSA) is 32.3 Å². The van der Waals surface area contributed by atoms with Crippen molar-refractivity contribution in [1.82, 2.24) is 9.97 Å². The van der Waals surface area contributed by atoms with Gasteiger partial charge in [0.2, 0.25) is 0 Å². The summed E-state index contributed by atoms with van der Waals surface area (Å²) >= 11 is 0. The van der Waals surface area contributed by atoms with E-state index < -0.39 is 0 Å². The lowest BCUT2D eigenvalue weighted by atomic mass is 9.92. The Morgan fingerprint density at radius 2 is 1.10 bits per heavy atom. The third-order valence-electron chi connectivity index (χ3n) is 8.18. The molecule has 4 nitrogen and oxygen atoms in total.